The number of nitrogens with zero attached hydrogens (tertiary/aromatic N) is 2. The highest BCUT2D eigenvalue weighted by Crippen LogP contribution is 2.23. The third kappa shape index (κ3) is 3.80. The molecule has 0 aliphatic heterocycles. The summed E-state index contributed by atoms with van der Waals surface area (Å²) in [5.74, 6) is -1.53. The van der Waals surface area contributed by atoms with E-state index in [9.17, 15) is 10.2 Å². The minimum absolute atomic E-state index is 0.155. The average molecular weight is 314 g/mol. The molecule has 106 valence electrons. The first-order valence-corrected chi connectivity index (χ1v) is 6.68. The Hall–Kier alpha value is -1.40. The quantitative estimate of drug-likeness (QED) is 0.597. The predicted octanol–water partition coefficient (Wildman–Crippen LogP) is 2.91. The van der Waals surface area contributed by atoms with Crippen LogP contribution in [0.15, 0.2) is 30.3 Å². The molecule has 0 saturated heterocycles. The minimum Gasteiger partial charge on any atom is -0.349 e. The predicted molar refractivity (Wildman–Crippen MR) is 78.6 cm³/mol. The van der Waals surface area contributed by atoms with E-state index < -0.39 is 5.91 Å². The molecular weight excluding hydrogens is 301 g/mol. The zero-order valence-electron chi connectivity index (χ0n) is 10.6. The van der Waals surface area contributed by atoms with E-state index in [0.717, 1.165) is 5.56 Å². The van der Waals surface area contributed by atoms with Gasteiger partial charge in [0.1, 0.15) is 10.3 Å². The molecule has 0 radical (unpaired) electrons. The molecule has 20 heavy (non-hydrogen) atoms. The molecule has 0 aliphatic rings. The van der Waals surface area contributed by atoms with E-state index in [1.54, 1.807) is 31.2 Å². The van der Waals surface area contributed by atoms with Crippen molar-refractivity contribution in [3.05, 3.63) is 40.6 Å². The van der Waals surface area contributed by atoms with Gasteiger partial charge in [-0.25, -0.2) is 9.97 Å². The van der Waals surface area contributed by atoms with E-state index >= 15 is 0 Å². The van der Waals surface area contributed by atoms with Crippen molar-refractivity contribution in [1.29, 1.82) is 0 Å². The van der Waals surface area contributed by atoms with Gasteiger partial charge in [-0.15, -0.1) is 0 Å². The maximum atomic E-state index is 9.52. The lowest BCUT2D eigenvalue weighted by molar-refractivity contribution is -0.137. The molecule has 0 atom stereocenters. The van der Waals surface area contributed by atoms with E-state index in [4.69, 9.17) is 23.2 Å². The molecule has 1 heterocycles. The smallest absolute Gasteiger partial charge is 0.243 e. The Kier molecular flexibility index (Phi) is 4.45. The third-order valence-corrected chi connectivity index (χ3v) is 3.03. The van der Waals surface area contributed by atoms with Crippen LogP contribution in [0, 0.1) is 0 Å². The first kappa shape index (κ1) is 15.0. The van der Waals surface area contributed by atoms with Crippen molar-refractivity contribution in [1.82, 2.24) is 9.97 Å². The Bertz CT molecular complexity index is 583. The maximum Gasteiger partial charge on any atom is 0.243 e. The van der Waals surface area contributed by atoms with Gasteiger partial charge in [0.2, 0.25) is 5.91 Å². The summed E-state index contributed by atoms with van der Waals surface area (Å²) >= 11 is 11.6. The number of aliphatic hydroxyl groups is 2. The molecule has 1 aromatic carbocycles. The zero-order valence-corrected chi connectivity index (χ0v) is 12.2. The normalized spacial score (nSPS) is 11.4. The summed E-state index contributed by atoms with van der Waals surface area (Å²) in [6.07, 6.45) is 0.155. The molecule has 0 fully saturated rings. The molecule has 5 nitrogen and oxygen atoms in total. The molecule has 3 N–H and O–H groups in total. The van der Waals surface area contributed by atoms with Crippen molar-refractivity contribution in [2.75, 3.05) is 5.32 Å². The maximum absolute atomic E-state index is 9.52. The molecule has 0 bridgehead atoms. The molecule has 7 heteroatoms. The van der Waals surface area contributed by atoms with Crippen LogP contribution in [0.5, 0.6) is 0 Å². The van der Waals surface area contributed by atoms with Crippen molar-refractivity contribution in [3.63, 3.8) is 0 Å². The Morgan fingerprint density at radius 3 is 2.15 bits per heavy atom. The fourth-order valence-corrected chi connectivity index (χ4v) is 1.96. The van der Waals surface area contributed by atoms with Crippen LogP contribution in [-0.2, 0) is 0 Å². The van der Waals surface area contributed by atoms with Gasteiger partial charge in [-0.3, -0.25) is 0 Å². The summed E-state index contributed by atoms with van der Waals surface area (Å²) in [6, 6.07) is 8.29. The largest absolute Gasteiger partial charge is 0.349 e. The number of benzene rings is 1. The van der Waals surface area contributed by atoms with Crippen LogP contribution in [0.3, 0.4) is 0 Å². The van der Waals surface area contributed by atoms with E-state index in [1.807, 2.05) is 0 Å². The summed E-state index contributed by atoms with van der Waals surface area (Å²) in [5, 5.41) is 22.2. The van der Waals surface area contributed by atoms with Crippen molar-refractivity contribution >= 4 is 28.9 Å². The molecule has 0 aliphatic carbocycles. The van der Waals surface area contributed by atoms with Gasteiger partial charge in [-0.1, -0.05) is 30.1 Å². The number of halogens is 2. The number of hydrogen-bond acceptors (Lipinski definition) is 5. The Morgan fingerprint density at radius 1 is 1.10 bits per heavy atom. The molecule has 0 spiro atoms. The van der Waals surface area contributed by atoms with E-state index in [1.165, 1.54) is 6.07 Å². The Labute approximate surface area is 126 Å². The first-order valence-electron chi connectivity index (χ1n) is 5.93. The van der Waals surface area contributed by atoms with Gasteiger partial charge in [-0.2, -0.15) is 0 Å². The summed E-state index contributed by atoms with van der Waals surface area (Å²) in [5.41, 5.74) is 1.28. The van der Waals surface area contributed by atoms with E-state index in [-0.39, 0.29) is 16.7 Å². The van der Waals surface area contributed by atoms with Gasteiger partial charge in [0.25, 0.3) is 0 Å². The molecule has 2 aromatic rings. The third-order valence-electron chi connectivity index (χ3n) is 2.64. The van der Waals surface area contributed by atoms with Crippen LogP contribution in [0.2, 0.25) is 10.3 Å². The van der Waals surface area contributed by atoms with Crippen LogP contribution in [-0.4, -0.2) is 26.1 Å². The van der Waals surface area contributed by atoms with E-state index in [2.05, 4.69) is 15.3 Å². The van der Waals surface area contributed by atoms with Gasteiger partial charge in [0.05, 0.1) is 0 Å². The monoisotopic (exact) mass is 313 g/mol. The second-order valence-corrected chi connectivity index (χ2v) is 4.98. The topological polar surface area (TPSA) is 78.3 Å². The van der Waals surface area contributed by atoms with Gasteiger partial charge in [0.15, 0.2) is 5.82 Å². The number of hydrogen-bond donors (Lipinski definition) is 3. The summed E-state index contributed by atoms with van der Waals surface area (Å²) in [7, 11) is 0. The lowest BCUT2D eigenvalue weighted by Gasteiger charge is -2.22. The lowest BCUT2D eigenvalue weighted by atomic mass is 10.2. The summed E-state index contributed by atoms with van der Waals surface area (Å²) < 4.78 is 0. The van der Waals surface area contributed by atoms with Crippen LogP contribution < -0.4 is 5.32 Å². The fraction of sp³-hybridized carbons (Fsp3) is 0.231. The highest BCUT2D eigenvalue weighted by molar-refractivity contribution is 6.33. The number of rotatable bonds is 4. The molecule has 0 saturated carbocycles. The number of anilines is 1. The van der Waals surface area contributed by atoms with Crippen molar-refractivity contribution in [3.8, 4) is 11.4 Å². The average Bonchev–Trinajstić information content (AvgIpc) is 2.38. The van der Waals surface area contributed by atoms with Gasteiger partial charge in [0, 0.05) is 23.7 Å². The second-order valence-electron chi connectivity index (χ2n) is 4.21. The van der Waals surface area contributed by atoms with Crippen molar-refractivity contribution in [2.24, 2.45) is 0 Å². The van der Waals surface area contributed by atoms with Crippen LogP contribution in [0.1, 0.15) is 13.3 Å². The van der Waals surface area contributed by atoms with Gasteiger partial charge >= 0.3 is 0 Å². The second kappa shape index (κ2) is 5.93. The van der Waals surface area contributed by atoms with E-state index in [0.29, 0.717) is 11.5 Å². The molecule has 2 rings (SSSR count). The summed E-state index contributed by atoms with van der Waals surface area (Å²) in [4.78, 5) is 8.15. The highest BCUT2D eigenvalue weighted by atomic mass is 35.5. The molecule has 1 aromatic heterocycles. The highest BCUT2D eigenvalue weighted by Gasteiger charge is 2.19. The van der Waals surface area contributed by atoms with Crippen molar-refractivity contribution in [2.45, 2.75) is 19.3 Å². The Morgan fingerprint density at radius 2 is 1.65 bits per heavy atom. The fourth-order valence-electron chi connectivity index (χ4n) is 1.54. The van der Waals surface area contributed by atoms with Crippen LogP contribution in [0.25, 0.3) is 11.4 Å². The zero-order chi connectivity index (χ0) is 14.8. The first-order chi connectivity index (χ1) is 9.39. The molecule has 0 unspecified atom stereocenters. The Balaban J connectivity index is 2.24. The molecule has 0 amide bonds. The number of aromatic nitrogens is 2. The lowest BCUT2D eigenvalue weighted by Crippen LogP contribution is -2.36. The van der Waals surface area contributed by atoms with Crippen LogP contribution in [0.4, 0.5) is 5.69 Å². The van der Waals surface area contributed by atoms with Crippen molar-refractivity contribution < 1.29 is 10.2 Å². The molecular formula is C13H13Cl2N3O2. The van der Waals surface area contributed by atoms with Gasteiger partial charge in [-0.05, 0) is 24.3 Å². The minimum atomic E-state index is -1.93. The number of nitrogens with one attached hydrogen (secondary N) is 1. The van der Waals surface area contributed by atoms with Crippen LogP contribution >= 0.6 is 23.2 Å². The summed E-state index contributed by atoms with van der Waals surface area (Å²) in [6.45, 7) is 1.66. The van der Waals surface area contributed by atoms with Gasteiger partial charge < -0.3 is 15.5 Å². The SMILES string of the molecule is CCC(O)(O)Nc1ccc(-c2nc(Cl)cc(Cl)n2)cc1. The standard InChI is InChI=1S/C13H13Cl2N3O2/c1-2-13(19,20)18-9-5-3-8(4-6-9)12-16-10(14)7-11(15)17-12/h3-7,18-20H,2H2,1H3.